The van der Waals surface area contributed by atoms with Crippen molar-refractivity contribution in [1.29, 1.82) is 0 Å². The molecule has 0 spiro atoms. The molecule has 3 unspecified atom stereocenters. The molecule has 2 amide bonds. The molecule has 2 aromatic carbocycles. The van der Waals surface area contributed by atoms with E-state index in [-0.39, 0.29) is 24.0 Å². The zero-order chi connectivity index (χ0) is 26.3. The number of carbonyl (C=O) groups is 2. The first-order chi connectivity index (χ1) is 18.6. The van der Waals surface area contributed by atoms with Crippen molar-refractivity contribution in [2.45, 2.75) is 50.4 Å². The fourth-order valence-electron chi connectivity index (χ4n) is 5.95. The van der Waals surface area contributed by atoms with E-state index in [0.29, 0.717) is 30.8 Å². The third-order valence-corrected chi connectivity index (χ3v) is 8.00. The van der Waals surface area contributed by atoms with Crippen LogP contribution in [-0.2, 0) is 16.1 Å². The lowest BCUT2D eigenvalue weighted by atomic mass is 10.1. The van der Waals surface area contributed by atoms with Gasteiger partial charge in [0, 0.05) is 57.5 Å². The molecule has 3 saturated heterocycles. The van der Waals surface area contributed by atoms with Gasteiger partial charge in [-0.3, -0.25) is 14.5 Å². The summed E-state index contributed by atoms with van der Waals surface area (Å²) in [6.07, 6.45) is 3.86. The van der Waals surface area contributed by atoms with Crippen LogP contribution < -0.4 is 10.1 Å². The standard InChI is InChI=1S/C30H40N4O4/c1-37-26-11-5-10-24(18-26)29(35)34-21-25(19-28(34)30(36)32-15-7-13-31-14-16-32)33(22-27-12-6-17-38-27)20-23-8-3-2-4-9-23/h2-5,8-11,18,25,27-28,31H,6-7,12-17,19-22H2,1H3. The van der Waals surface area contributed by atoms with Crippen LogP contribution in [-0.4, -0.2) is 97.7 Å². The summed E-state index contributed by atoms with van der Waals surface area (Å²) in [7, 11) is 1.60. The number of hydrogen-bond donors (Lipinski definition) is 1. The van der Waals surface area contributed by atoms with Crippen molar-refractivity contribution >= 4 is 11.8 Å². The zero-order valence-electron chi connectivity index (χ0n) is 22.4. The summed E-state index contributed by atoms with van der Waals surface area (Å²) < 4.78 is 11.4. The van der Waals surface area contributed by atoms with Gasteiger partial charge < -0.3 is 24.6 Å². The average molecular weight is 521 g/mol. The highest BCUT2D eigenvalue weighted by atomic mass is 16.5. The van der Waals surface area contributed by atoms with Gasteiger partial charge in [-0.15, -0.1) is 0 Å². The van der Waals surface area contributed by atoms with Crippen LogP contribution in [0, 0.1) is 0 Å². The summed E-state index contributed by atoms with van der Waals surface area (Å²) in [5.74, 6) is 0.579. The largest absolute Gasteiger partial charge is 0.497 e. The minimum absolute atomic E-state index is 0.0595. The van der Waals surface area contributed by atoms with Gasteiger partial charge in [-0.1, -0.05) is 36.4 Å². The van der Waals surface area contributed by atoms with Crippen molar-refractivity contribution in [3.8, 4) is 5.75 Å². The number of nitrogens with zero attached hydrogens (tertiary/aromatic N) is 3. The molecule has 38 heavy (non-hydrogen) atoms. The molecular formula is C30H40N4O4. The number of likely N-dealkylation sites (tertiary alicyclic amines) is 1. The Kier molecular flexibility index (Phi) is 8.94. The molecule has 2 aromatic rings. The molecule has 0 bridgehead atoms. The van der Waals surface area contributed by atoms with E-state index in [1.54, 1.807) is 13.2 Å². The van der Waals surface area contributed by atoms with E-state index in [2.05, 4.69) is 34.5 Å². The van der Waals surface area contributed by atoms with Crippen LogP contribution in [0.1, 0.15) is 41.6 Å². The molecule has 3 aliphatic heterocycles. The van der Waals surface area contributed by atoms with Crippen molar-refractivity contribution in [2.24, 2.45) is 0 Å². The lowest BCUT2D eigenvalue weighted by molar-refractivity contribution is -0.135. The lowest BCUT2D eigenvalue weighted by Gasteiger charge is -2.31. The Morgan fingerprint density at radius 3 is 2.74 bits per heavy atom. The molecule has 3 fully saturated rings. The lowest BCUT2D eigenvalue weighted by Crippen LogP contribution is -2.48. The number of rotatable bonds is 8. The first kappa shape index (κ1) is 26.7. The molecule has 3 atom stereocenters. The van der Waals surface area contributed by atoms with E-state index in [0.717, 1.165) is 58.6 Å². The Morgan fingerprint density at radius 2 is 1.95 bits per heavy atom. The van der Waals surface area contributed by atoms with Gasteiger partial charge in [0.1, 0.15) is 11.8 Å². The van der Waals surface area contributed by atoms with Crippen LogP contribution in [0.25, 0.3) is 0 Å². The number of amides is 2. The van der Waals surface area contributed by atoms with Crippen molar-refractivity contribution in [3.05, 3.63) is 65.7 Å². The van der Waals surface area contributed by atoms with Gasteiger partial charge in [0.25, 0.3) is 5.91 Å². The van der Waals surface area contributed by atoms with E-state index >= 15 is 0 Å². The van der Waals surface area contributed by atoms with Crippen LogP contribution in [0.4, 0.5) is 0 Å². The molecule has 0 radical (unpaired) electrons. The summed E-state index contributed by atoms with van der Waals surface area (Å²) in [6.45, 7) is 5.97. The number of methoxy groups -OCH3 is 1. The number of carbonyl (C=O) groups excluding carboxylic acids is 2. The second-order valence-corrected chi connectivity index (χ2v) is 10.6. The summed E-state index contributed by atoms with van der Waals surface area (Å²) in [5.41, 5.74) is 1.78. The maximum absolute atomic E-state index is 13.9. The highest BCUT2D eigenvalue weighted by Crippen LogP contribution is 2.29. The first-order valence-corrected chi connectivity index (χ1v) is 14.0. The molecule has 1 N–H and O–H groups in total. The number of benzene rings is 2. The summed E-state index contributed by atoms with van der Waals surface area (Å²) >= 11 is 0. The van der Waals surface area contributed by atoms with Crippen molar-refractivity contribution in [2.75, 3.05) is 53.0 Å². The minimum atomic E-state index is -0.487. The fourth-order valence-corrected chi connectivity index (χ4v) is 5.95. The maximum atomic E-state index is 13.9. The van der Waals surface area contributed by atoms with Gasteiger partial charge in [0.15, 0.2) is 0 Å². The molecule has 3 aliphatic rings. The molecule has 204 valence electrons. The van der Waals surface area contributed by atoms with E-state index in [4.69, 9.17) is 9.47 Å². The molecular weight excluding hydrogens is 480 g/mol. The Balaban J connectivity index is 1.42. The Bertz CT molecular complexity index is 1070. The minimum Gasteiger partial charge on any atom is -0.497 e. The molecule has 0 aliphatic carbocycles. The summed E-state index contributed by atoms with van der Waals surface area (Å²) in [5, 5.41) is 3.38. The number of ether oxygens (including phenoxy) is 2. The van der Waals surface area contributed by atoms with Gasteiger partial charge in [0.05, 0.1) is 13.2 Å². The van der Waals surface area contributed by atoms with E-state index in [1.165, 1.54) is 5.56 Å². The molecule has 3 heterocycles. The van der Waals surface area contributed by atoms with E-state index in [1.807, 2.05) is 34.1 Å². The smallest absolute Gasteiger partial charge is 0.254 e. The molecule has 8 nitrogen and oxygen atoms in total. The topological polar surface area (TPSA) is 74.4 Å². The molecule has 0 saturated carbocycles. The number of hydrogen-bond acceptors (Lipinski definition) is 6. The average Bonchev–Trinajstić information content (AvgIpc) is 3.56. The van der Waals surface area contributed by atoms with Crippen LogP contribution in [0.5, 0.6) is 5.75 Å². The van der Waals surface area contributed by atoms with Gasteiger partial charge in [0.2, 0.25) is 5.91 Å². The first-order valence-electron chi connectivity index (χ1n) is 14.0. The number of nitrogens with one attached hydrogen (secondary N) is 1. The van der Waals surface area contributed by atoms with E-state index in [9.17, 15) is 9.59 Å². The van der Waals surface area contributed by atoms with Gasteiger partial charge >= 0.3 is 0 Å². The SMILES string of the molecule is COc1cccc(C(=O)N2CC(N(Cc3ccccc3)CC3CCCO3)CC2C(=O)N2CCCNCC2)c1. The summed E-state index contributed by atoms with van der Waals surface area (Å²) in [6, 6.07) is 17.3. The fraction of sp³-hybridized carbons (Fsp3) is 0.533. The quantitative estimate of drug-likeness (QED) is 0.577. The predicted molar refractivity (Wildman–Crippen MR) is 146 cm³/mol. The Morgan fingerprint density at radius 1 is 1.08 bits per heavy atom. The zero-order valence-corrected chi connectivity index (χ0v) is 22.4. The second-order valence-electron chi connectivity index (χ2n) is 10.6. The third kappa shape index (κ3) is 6.37. The van der Waals surface area contributed by atoms with Crippen molar-refractivity contribution < 1.29 is 19.1 Å². The van der Waals surface area contributed by atoms with Crippen LogP contribution in [0.15, 0.2) is 54.6 Å². The molecule has 8 heteroatoms. The van der Waals surface area contributed by atoms with Crippen LogP contribution in [0.2, 0.25) is 0 Å². The van der Waals surface area contributed by atoms with Crippen molar-refractivity contribution in [3.63, 3.8) is 0 Å². The van der Waals surface area contributed by atoms with E-state index < -0.39 is 6.04 Å². The monoisotopic (exact) mass is 520 g/mol. The van der Waals surface area contributed by atoms with Gasteiger partial charge in [-0.25, -0.2) is 0 Å². The Hall–Kier alpha value is -2.94. The predicted octanol–water partition coefficient (Wildman–Crippen LogP) is 2.78. The normalized spacial score (nSPS) is 24.0. The molecule has 5 rings (SSSR count). The Labute approximate surface area is 225 Å². The highest BCUT2D eigenvalue weighted by molar-refractivity contribution is 5.98. The van der Waals surface area contributed by atoms with Gasteiger partial charge in [-0.2, -0.15) is 0 Å². The van der Waals surface area contributed by atoms with Crippen LogP contribution in [0.3, 0.4) is 0 Å². The van der Waals surface area contributed by atoms with Crippen molar-refractivity contribution in [1.82, 2.24) is 20.0 Å². The second kappa shape index (κ2) is 12.7. The molecule has 0 aromatic heterocycles. The third-order valence-electron chi connectivity index (χ3n) is 8.00. The van der Waals surface area contributed by atoms with Crippen LogP contribution >= 0.6 is 0 Å². The highest BCUT2D eigenvalue weighted by Gasteiger charge is 2.44. The maximum Gasteiger partial charge on any atom is 0.254 e. The van der Waals surface area contributed by atoms with Gasteiger partial charge in [-0.05, 0) is 56.0 Å². The summed E-state index contributed by atoms with van der Waals surface area (Å²) in [4.78, 5) is 34.0.